The van der Waals surface area contributed by atoms with Crippen molar-refractivity contribution >= 4 is 76.6 Å². The number of nitrogens with one attached hydrogen (secondary N) is 4. The Balaban J connectivity index is 0.791. The molecule has 8 rings (SSSR count). The molecule has 9 amide bonds. The van der Waals surface area contributed by atoms with Crippen molar-refractivity contribution in [3.05, 3.63) is 102 Å². The van der Waals surface area contributed by atoms with Gasteiger partial charge >= 0.3 is 6.09 Å². The molecule has 0 saturated carbocycles. The fourth-order valence-corrected chi connectivity index (χ4v) is 10.6. The van der Waals surface area contributed by atoms with Gasteiger partial charge in [-0.1, -0.05) is 50.3 Å². The average molecular weight is 1220 g/mol. The summed E-state index contributed by atoms with van der Waals surface area (Å²) in [7, 11) is 2.95. The van der Waals surface area contributed by atoms with Crippen LogP contribution in [0.4, 0.5) is 21.9 Å². The molecule has 5 aliphatic heterocycles. The molecule has 2 unspecified atom stereocenters. The minimum Gasteiger partial charge on any atom is -0.493 e. The van der Waals surface area contributed by atoms with Crippen molar-refractivity contribution in [2.24, 2.45) is 10.9 Å². The quantitative estimate of drug-likeness (QED) is 0.0352. The maximum atomic E-state index is 14.2. The first-order valence-electron chi connectivity index (χ1n) is 29.4. The van der Waals surface area contributed by atoms with E-state index in [0.29, 0.717) is 84.8 Å². The summed E-state index contributed by atoms with van der Waals surface area (Å²) in [5.74, 6) is -2.38. The Morgan fingerprint density at radius 2 is 1.33 bits per heavy atom. The van der Waals surface area contributed by atoms with Crippen LogP contribution in [0.2, 0.25) is 0 Å². The van der Waals surface area contributed by atoms with Gasteiger partial charge in [0, 0.05) is 81.3 Å². The largest absolute Gasteiger partial charge is 0.493 e. The monoisotopic (exact) mass is 1220 g/mol. The van der Waals surface area contributed by atoms with Crippen molar-refractivity contribution in [2.45, 2.75) is 122 Å². The lowest BCUT2D eigenvalue weighted by Gasteiger charge is -2.31. The molecule has 2 fully saturated rings. The third-order valence-electron chi connectivity index (χ3n) is 15.5. The first-order chi connectivity index (χ1) is 42.1. The van der Waals surface area contributed by atoms with E-state index in [9.17, 15) is 48.3 Å². The van der Waals surface area contributed by atoms with Crippen LogP contribution in [0.25, 0.3) is 0 Å². The topological polar surface area (TPSA) is 303 Å². The van der Waals surface area contributed by atoms with Gasteiger partial charge in [-0.15, -0.1) is 0 Å². The molecule has 5 aliphatic rings. The summed E-state index contributed by atoms with van der Waals surface area (Å²) >= 11 is 0. The number of amides is 9. The van der Waals surface area contributed by atoms with Gasteiger partial charge in [-0.05, 0) is 88.1 Å². The van der Waals surface area contributed by atoms with Crippen LogP contribution < -0.4 is 45.1 Å². The Hall–Kier alpha value is -9.10. The van der Waals surface area contributed by atoms with E-state index in [1.165, 1.54) is 38.2 Å². The summed E-state index contributed by atoms with van der Waals surface area (Å²) in [6.07, 6.45) is 4.77. The van der Waals surface area contributed by atoms with Gasteiger partial charge < -0.3 is 64.6 Å². The van der Waals surface area contributed by atoms with Crippen LogP contribution in [-0.2, 0) is 44.8 Å². The second-order valence-electron chi connectivity index (χ2n) is 22.6. The molecule has 5 N–H and O–H groups in total. The molecule has 0 radical (unpaired) electrons. The number of hydrogen-bond acceptors (Lipinski definition) is 17. The fourth-order valence-electron chi connectivity index (χ4n) is 10.6. The molecule has 0 aliphatic carbocycles. The highest BCUT2D eigenvalue weighted by atomic mass is 16.6. The highest BCUT2D eigenvalue weighted by Gasteiger charge is 2.46. The Kier molecular flexibility index (Phi) is 21.8. The smallest absolute Gasteiger partial charge is 0.416 e. The second-order valence-corrected chi connectivity index (χ2v) is 22.6. The van der Waals surface area contributed by atoms with Crippen molar-refractivity contribution in [1.29, 1.82) is 0 Å². The molecule has 88 heavy (non-hydrogen) atoms. The fraction of sp³-hybridized carbons (Fsp3) is 0.460. The molecule has 0 spiro atoms. The lowest BCUT2D eigenvalue weighted by Crippen LogP contribution is -2.53. The van der Waals surface area contributed by atoms with Crippen LogP contribution in [0, 0.1) is 5.92 Å². The number of benzene rings is 3. The van der Waals surface area contributed by atoms with Crippen molar-refractivity contribution < 1.29 is 76.7 Å². The number of carbonyl (C=O) groups excluding carboxylic acids is 9. The molecule has 6 atom stereocenters. The van der Waals surface area contributed by atoms with E-state index in [4.69, 9.17) is 28.4 Å². The van der Waals surface area contributed by atoms with E-state index in [1.54, 1.807) is 68.3 Å². The second kappa shape index (κ2) is 29.5. The number of ether oxygens (including phenoxy) is 6. The summed E-state index contributed by atoms with van der Waals surface area (Å²) in [4.78, 5) is 127. The van der Waals surface area contributed by atoms with Gasteiger partial charge in [0.25, 0.3) is 23.6 Å². The molecule has 25 heteroatoms. The summed E-state index contributed by atoms with van der Waals surface area (Å²) in [6, 6.07) is 9.53. The van der Waals surface area contributed by atoms with Gasteiger partial charge in [-0.25, -0.2) is 9.69 Å². The van der Waals surface area contributed by atoms with E-state index < -0.39 is 65.9 Å². The van der Waals surface area contributed by atoms with Crippen LogP contribution in [0.1, 0.15) is 105 Å². The number of unbranched alkanes of at least 4 members (excludes halogenated alkanes) is 2. The van der Waals surface area contributed by atoms with Crippen molar-refractivity contribution in [3.8, 4) is 23.0 Å². The number of aliphatic imine (C=N–C) groups is 1. The molecular formula is C63H77N9O16. The van der Waals surface area contributed by atoms with E-state index in [1.807, 2.05) is 0 Å². The third kappa shape index (κ3) is 15.9. The zero-order chi connectivity index (χ0) is 63.3. The Morgan fingerprint density at radius 3 is 2.00 bits per heavy atom. The number of hydrogen-bond donors (Lipinski definition) is 5. The minimum absolute atomic E-state index is 0.0246. The zero-order valence-corrected chi connectivity index (χ0v) is 50.4. The maximum absolute atomic E-state index is 14.2. The van der Waals surface area contributed by atoms with E-state index in [0.717, 1.165) is 27.5 Å². The van der Waals surface area contributed by atoms with Crippen LogP contribution in [0.15, 0.2) is 90.0 Å². The molecular weight excluding hydrogens is 1140 g/mol. The van der Waals surface area contributed by atoms with E-state index in [2.05, 4.69) is 39.4 Å². The van der Waals surface area contributed by atoms with Gasteiger partial charge in [0.1, 0.15) is 18.7 Å². The van der Waals surface area contributed by atoms with Crippen LogP contribution in [-0.4, -0.2) is 176 Å². The average Bonchev–Trinajstić information content (AvgIpc) is 1.69. The van der Waals surface area contributed by atoms with Gasteiger partial charge in [-0.3, -0.25) is 48.2 Å². The van der Waals surface area contributed by atoms with E-state index >= 15 is 0 Å². The highest BCUT2D eigenvalue weighted by molar-refractivity contribution is 6.13. The Morgan fingerprint density at radius 1 is 0.705 bits per heavy atom. The van der Waals surface area contributed by atoms with Crippen LogP contribution in [0.3, 0.4) is 0 Å². The number of carbonyl (C=O) groups is 9. The standard InChI is InChI=1S/C63H77N9O16/c1-36(2)57(68-54(74)20-25-85-24-19-39(5)65-53(73)18-21-69-55(75)16-17-56(69)76)59(78)66-40(6)58(77)67-42-14-12-41(13-15-42)35-88-63(82)72-47-31-52(50(84-8)29-45(47)61(80)71-34-38(4)27-48(71)62(72)81)87-23-11-9-10-22-86-51-30-46-44(28-49(51)83-7)60(79)70-33-37(3)26-43(70)32-64-46/h12-17,28-32,36,39-40,43,48,57,62,81H,3-4,9-11,18-27,33-35H2,1-2,5-8H3,(H,65,73)(H,66,78)(H,67,77)(H,68,74)/t39?,40-,43?,48-,57-,62-/m0/s1. The Bertz CT molecular complexity index is 3240. The lowest BCUT2D eigenvalue weighted by molar-refractivity contribution is -0.137. The van der Waals surface area contributed by atoms with Crippen LogP contribution >= 0.6 is 0 Å². The molecule has 3 aromatic carbocycles. The molecule has 25 nitrogen and oxygen atoms in total. The Labute approximate surface area is 510 Å². The van der Waals surface area contributed by atoms with Crippen molar-refractivity contribution in [1.82, 2.24) is 30.7 Å². The maximum Gasteiger partial charge on any atom is 0.416 e. The predicted molar refractivity (Wildman–Crippen MR) is 322 cm³/mol. The number of fused-ring (bicyclic) bond motifs is 4. The van der Waals surface area contributed by atoms with Gasteiger partial charge in [0.05, 0.1) is 68.6 Å². The normalized spacial score (nSPS) is 18.6. The molecule has 0 bridgehead atoms. The van der Waals surface area contributed by atoms with Gasteiger partial charge in [0.2, 0.25) is 23.6 Å². The number of methoxy groups -OCH3 is 2. The summed E-state index contributed by atoms with van der Waals surface area (Å²) in [5, 5.41) is 22.8. The predicted octanol–water partition coefficient (Wildman–Crippen LogP) is 5.27. The molecule has 5 heterocycles. The number of aliphatic hydroxyl groups is 1. The molecule has 3 aromatic rings. The third-order valence-corrected chi connectivity index (χ3v) is 15.5. The molecule has 2 saturated heterocycles. The van der Waals surface area contributed by atoms with Crippen molar-refractivity contribution in [2.75, 3.05) is 70.5 Å². The SMILES string of the molecule is C=C1CC2C=Nc3cc(OCCCCCOc4cc5c(cc4OC)C(=O)N4CC(=C)C[C@H]4[C@H](O)N5C(=O)OCc4ccc(NC(=O)[C@H](C)NC(=O)[C@@H](NC(=O)CCOCCC(C)NC(=O)CCN5C(=O)C=CC5=O)C(C)C)cc4)c(OC)cc3C(=O)N2C1. The first kappa shape index (κ1) is 64.9. The highest BCUT2D eigenvalue weighted by Crippen LogP contribution is 2.43. The minimum atomic E-state index is -1.54. The molecule has 470 valence electrons. The summed E-state index contributed by atoms with van der Waals surface area (Å²) in [6.45, 7) is 16.1. The van der Waals surface area contributed by atoms with Crippen LogP contribution in [0.5, 0.6) is 23.0 Å². The number of rotatable bonds is 28. The van der Waals surface area contributed by atoms with Gasteiger partial charge in [-0.2, -0.15) is 0 Å². The first-order valence-corrected chi connectivity index (χ1v) is 29.4. The van der Waals surface area contributed by atoms with Crippen molar-refractivity contribution in [3.63, 3.8) is 0 Å². The number of anilines is 2. The lowest BCUT2D eigenvalue weighted by atomic mass is 10.0. The summed E-state index contributed by atoms with van der Waals surface area (Å²) < 4.78 is 35.0. The van der Waals surface area contributed by atoms with Gasteiger partial charge in [0.15, 0.2) is 29.2 Å². The van der Waals surface area contributed by atoms with E-state index in [-0.39, 0.29) is 111 Å². The summed E-state index contributed by atoms with van der Waals surface area (Å²) in [5.41, 5.74) is 3.64. The number of aliphatic hydroxyl groups excluding tert-OH is 1. The number of nitrogens with zero attached hydrogens (tertiary/aromatic N) is 5. The number of imide groups is 1. The zero-order valence-electron chi connectivity index (χ0n) is 50.4. The molecule has 0 aromatic heterocycles.